The van der Waals surface area contributed by atoms with Crippen LogP contribution in [-0.2, 0) is 0 Å². The lowest BCUT2D eigenvalue weighted by Crippen LogP contribution is -1.92. The van der Waals surface area contributed by atoms with Crippen LogP contribution in [0.1, 0.15) is 0 Å². The second kappa shape index (κ2) is 6.58. The third-order valence-electron chi connectivity index (χ3n) is 5.97. The highest BCUT2D eigenvalue weighted by Crippen LogP contribution is 2.44. The van der Waals surface area contributed by atoms with Gasteiger partial charge in [0, 0.05) is 0 Å². The van der Waals surface area contributed by atoms with Crippen LogP contribution in [0.3, 0.4) is 0 Å². The van der Waals surface area contributed by atoms with E-state index in [-0.39, 0.29) is 17.5 Å². The van der Waals surface area contributed by atoms with Gasteiger partial charge < -0.3 is 0 Å². The summed E-state index contributed by atoms with van der Waals surface area (Å²) < 4.78 is 41.9. The summed E-state index contributed by atoms with van der Waals surface area (Å²) in [6.45, 7) is 0. The maximum Gasteiger partial charge on any atom is 0.124 e. The van der Waals surface area contributed by atoms with Crippen molar-refractivity contribution in [3.8, 4) is 22.3 Å². The van der Waals surface area contributed by atoms with Crippen LogP contribution in [0.5, 0.6) is 0 Å². The Morgan fingerprint density at radius 3 is 1.32 bits per heavy atom. The number of benzene rings is 6. The van der Waals surface area contributed by atoms with E-state index >= 15 is 0 Å². The molecule has 0 amide bonds. The smallest absolute Gasteiger partial charge is 0.124 e. The Morgan fingerprint density at radius 2 is 0.871 bits per heavy atom. The van der Waals surface area contributed by atoms with Crippen LogP contribution in [0.2, 0.25) is 0 Å². The fraction of sp³-hybridized carbons (Fsp3) is 0. The summed E-state index contributed by atoms with van der Waals surface area (Å²) in [7, 11) is 0. The van der Waals surface area contributed by atoms with E-state index in [0.717, 1.165) is 54.6 Å². The van der Waals surface area contributed by atoms with Gasteiger partial charge in [-0.1, -0.05) is 42.5 Å². The molecule has 3 heteroatoms. The van der Waals surface area contributed by atoms with E-state index in [0.29, 0.717) is 0 Å². The molecule has 0 aliphatic carbocycles. The maximum atomic E-state index is 14.9. The lowest BCUT2D eigenvalue weighted by atomic mass is 9.85. The van der Waals surface area contributed by atoms with Gasteiger partial charge in [0.1, 0.15) is 17.5 Å². The predicted octanol–water partition coefficient (Wildman–Crippen LogP) is 8.34. The van der Waals surface area contributed by atoms with E-state index in [9.17, 15) is 13.2 Å². The highest BCUT2D eigenvalue weighted by atomic mass is 19.1. The van der Waals surface area contributed by atoms with Crippen molar-refractivity contribution in [2.45, 2.75) is 0 Å². The van der Waals surface area contributed by atoms with Crippen molar-refractivity contribution >= 4 is 32.3 Å². The third-order valence-corrected chi connectivity index (χ3v) is 5.97. The van der Waals surface area contributed by atoms with Crippen molar-refractivity contribution < 1.29 is 13.2 Å². The van der Waals surface area contributed by atoms with Crippen molar-refractivity contribution in [3.63, 3.8) is 0 Å². The van der Waals surface area contributed by atoms with Gasteiger partial charge in [0.05, 0.1) is 0 Å². The number of halogens is 3. The Morgan fingerprint density at radius 1 is 0.419 bits per heavy atom. The minimum absolute atomic E-state index is 0.314. The highest BCUT2D eigenvalue weighted by molar-refractivity contribution is 6.29. The van der Waals surface area contributed by atoms with Crippen LogP contribution < -0.4 is 0 Å². The van der Waals surface area contributed by atoms with E-state index in [4.69, 9.17) is 0 Å². The molecule has 6 aromatic carbocycles. The first kappa shape index (κ1) is 18.0. The molecule has 0 N–H and O–H groups in total. The molecule has 0 atom stereocenters. The van der Waals surface area contributed by atoms with Crippen molar-refractivity contribution in [2.75, 3.05) is 0 Å². The number of hydrogen-bond donors (Lipinski definition) is 0. The first-order valence-electron chi connectivity index (χ1n) is 10.0. The van der Waals surface area contributed by atoms with Crippen molar-refractivity contribution in [1.29, 1.82) is 0 Å². The molecule has 0 heterocycles. The second-order valence-electron chi connectivity index (χ2n) is 7.82. The van der Waals surface area contributed by atoms with Crippen LogP contribution in [0.15, 0.2) is 91.0 Å². The largest absolute Gasteiger partial charge is 0.207 e. The van der Waals surface area contributed by atoms with E-state index < -0.39 is 0 Å². The molecule has 0 aromatic heterocycles. The zero-order valence-corrected chi connectivity index (χ0v) is 16.3. The molecule has 6 aromatic rings. The first-order chi connectivity index (χ1) is 15.1. The van der Waals surface area contributed by atoms with Crippen LogP contribution in [-0.4, -0.2) is 0 Å². The van der Waals surface area contributed by atoms with E-state index in [1.807, 2.05) is 30.3 Å². The molecule has 0 radical (unpaired) electrons. The van der Waals surface area contributed by atoms with Gasteiger partial charge in [0.25, 0.3) is 0 Å². The minimum Gasteiger partial charge on any atom is -0.207 e. The van der Waals surface area contributed by atoms with Gasteiger partial charge in [-0.2, -0.15) is 0 Å². The molecule has 0 fully saturated rings. The molecule has 0 unspecified atom stereocenters. The fourth-order valence-corrected chi connectivity index (χ4v) is 4.62. The Labute approximate surface area is 176 Å². The van der Waals surface area contributed by atoms with Gasteiger partial charge in [-0.05, 0) is 103 Å². The van der Waals surface area contributed by atoms with Gasteiger partial charge in [-0.3, -0.25) is 0 Å². The molecule has 0 aliphatic heterocycles. The third kappa shape index (κ3) is 2.77. The Balaban J connectivity index is 1.81. The quantitative estimate of drug-likeness (QED) is 0.253. The minimum atomic E-state index is -0.349. The Bertz CT molecular complexity index is 1470. The summed E-state index contributed by atoms with van der Waals surface area (Å²) in [5, 5.41) is 5.63. The van der Waals surface area contributed by atoms with Gasteiger partial charge in [0.2, 0.25) is 0 Å². The molecule has 148 valence electrons. The monoisotopic (exact) mass is 408 g/mol. The second-order valence-corrected chi connectivity index (χ2v) is 7.82. The number of hydrogen-bond acceptors (Lipinski definition) is 0. The summed E-state index contributed by atoms with van der Waals surface area (Å²) in [6, 6.07) is 25.7. The summed E-state index contributed by atoms with van der Waals surface area (Å²) >= 11 is 0. The predicted molar refractivity (Wildman–Crippen MR) is 121 cm³/mol. The van der Waals surface area contributed by atoms with E-state index in [1.165, 1.54) is 24.3 Å². The first-order valence-corrected chi connectivity index (χ1v) is 10.0. The Hall–Kier alpha value is -3.85. The van der Waals surface area contributed by atoms with Gasteiger partial charge in [-0.25, -0.2) is 13.2 Å². The van der Waals surface area contributed by atoms with Gasteiger partial charge in [0.15, 0.2) is 0 Å². The molecule has 0 spiro atoms. The average Bonchev–Trinajstić information content (AvgIpc) is 2.78. The van der Waals surface area contributed by atoms with Crippen LogP contribution in [0.25, 0.3) is 54.6 Å². The lowest BCUT2D eigenvalue weighted by molar-refractivity contribution is 0.627. The van der Waals surface area contributed by atoms with Crippen LogP contribution in [0.4, 0.5) is 13.2 Å². The standard InChI is InChI=1S/C28H15F3/c29-20-8-4-16(5-9-20)23-12-18-2-1-3-19-13-24(17-6-10-21(30)11-7-17)26-15-22(31)14-25(23)28(26)27(18)19/h1-15H. The van der Waals surface area contributed by atoms with Crippen molar-refractivity contribution in [1.82, 2.24) is 0 Å². The molecular weight excluding hydrogens is 393 g/mol. The van der Waals surface area contributed by atoms with Crippen LogP contribution in [0, 0.1) is 17.5 Å². The molecule has 6 rings (SSSR count). The van der Waals surface area contributed by atoms with Gasteiger partial charge >= 0.3 is 0 Å². The van der Waals surface area contributed by atoms with E-state index in [2.05, 4.69) is 0 Å². The molecular formula is C28H15F3. The number of rotatable bonds is 2. The van der Waals surface area contributed by atoms with Crippen LogP contribution >= 0.6 is 0 Å². The lowest BCUT2D eigenvalue weighted by Gasteiger charge is -2.18. The fourth-order valence-electron chi connectivity index (χ4n) is 4.62. The zero-order chi connectivity index (χ0) is 21.1. The molecule has 31 heavy (non-hydrogen) atoms. The molecule has 0 saturated heterocycles. The topological polar surface area (TPSA) is 0 Å². The molecule has 0 nitrogen and oxygen atoms in total. The summed E-state index contributed by atoms with van der Waals surface area (Å²) in [6.07, 6.45) is 0. The summed E-state index contributed by atoms with van der Waals surface area (Å²) in [5.74, 6) is -0.978. The zero-order valence-electron chi connectivity index (χ0n) is 16.3. The van der Waals surface area contributed by atoms with Crippen molar-refractivity contribution in [3.05, 3.63) is 108 Å². The van der Waals surface area contributed by atoms with Gasteiger partial charge in [-0.15, -0.1) is 0 Å². The molecule has 0 saturated carbocycles. The Kier molecular flexibility index (Phi) is 3.81. The maximum absolute atomic E-state index is 14.9. The van der Waals surface area contributed by atoms with E-state index in [1.54, 1.807) is 36.4 Å². The normalized spacial score (nSPS) is 11.7. The SMILES string of the molecule is Fc1ccc(-c2cc3cccc4cc(-c5ccc(F)cc5)c5cc(F)cc2c5c34)cc1. The molecule has 0 aliphatic rings. The van der Waals surface area contributed by atoms with Crippen molar-refractivity contribution in [2.24, 2.45) is 0 Å². The summed E-state index contributed by atoms with van der Waals surface area (Å²) in [5.41, 5.74) is 3.34. The molecule has 0 bridgehead atoms. The average molecular weight is 408 g/mol. The highest BCUT2D eigenvalue weighted by Gasteiger charge is 2.18. The summed E-state index contributed by atoms with van der Waals surface area (Å²) in [4.78, 5) is 0.